The molecule has 0 bridgehead atoms. The van der Waals surface area contributed by atoms with Gasteiger partial charge >= 0.3 is 5.97 Å². The van der Waals surface area contributed by atoms with E-state index in [2.05, 4.69) is 0 Å². The first-order valence-electron chi connectivity index (χ1n) is 4.13. The number of hydrogen-bond acceptors (Lipinski definition) is 1. The standard InChI is InChI=1S/C9H12FNO2/c1-7(10)4-6-11-5-2-3-8(11)9(12)13/h2-3,5,7H,4,6H2,1H3,(H,12,13). The summed E-state index contributed by atoms with van der Waals surface area (Å²) in [6.07, 6.45) is 1.09. The van der Waals surface area contributed by atoms with Crippen LogP contribution in [0.4, 0.5) is 4.39 Å². The van der Waals surface area contributed by atoms with Crippen LogP contribution in [0.1, 0.15) is 23.8 Å². The predicted molar refractivity (Wildman–Crippen MR) is 46.6 cm³/mol. The molecule has 0 radical (unpaired) electrons. The molecule has 1 aromatic rings. The summed E-state index contributed by atoms with van der Waals surface area (Å²) < 4.78 is 14.0. The Morgan fingerprint density at radius 2 is 2.46 bits per heavy atom. The molecule has 1 N–H and O–H groups in total. The lowest BCUT2D eigenvalue weighted by Gasteiger charge is -2.06. The Morgan fingerprint density at radius 1 is 1.77 bits per heavy atom. The first-order valence-corrected chi connectivity index (χ1v) is 4.13. The number of carboxylic acids is 1. The van der Waals surface area contributed by atoms with E-state index in [1.165, 1.54) is 13.0 Å². The van der Waals surface area contributed by atoms with E-state index in [0.29, 0.717) is 13.0 Å². The zero-order valence-electron chi connectivity index (χ0n) is 7.40. The smallest absolute Gasteiger partial charge is 0.352 e. The predicted octanol–water partition coefficient (Wildman–Crippen LogP) is 1.93. The van der Waals surface area contributed by atoms with Crippen molar-refractivity contribution in [2.45, 2.75) is 26.1 Å². The van der Waals surface area contributed by atoms with Crippen LogP contribution < -0.4 is 0 Å². The van der Waals surface area contributed by atoms with E-state index in [9.17, 15) is 9.18 Å². The minimum absolute atomic E-state index is 0.209. The molecule has 3 nitrogen and oxygen atoms in total. The largest absolute Gasteiger partial charge is 0.477 e. The Balaban J connectivity index is 2.65. The van der Waals surface area contributed by atoms with E-state index in [1.54, 1.807) is 16.8 Å². The SMILES string of the molecule is CC(F)CCn1cccc1C(=O)O. The molecule has 0 aliphatic rings. The van der Waals surface area contributed by atoms with Crippen molar-refractivity contribution in [2.75, 3.05) is 0 Å². The Hall–Kier alpha value is -1.32. The average molecular weight is 185 g/mol. The molecule has 0 fully saturated rings. The Labute approximate surface area is 75.8 Å². The highest BCUT2D eigenvalue weighted by atomic mass is 19.1. The van der Waals surface area contributed by atoms with Crippen LogP contribution in [0.5, 0.6) is 0 Å². The van der Waals surface area contributed by atoms with Gasteiger partial charge in [-0.1, -0.05) is 0 Å². The molecule has 1 atom stereocenters. The van der Waals surface area contributed by atoms with E-state index in [-0.39, 0.29) is 5.69 Å². The molecule has 13 heavy (non-hydrogen) atoms. The van der Waals surface area contributed by atoms with Crippen LogP contribution in [-0.2, 0) is 6.54 Å². The van der Waals surface area contributed by atoms with Crippen molar-refractivity contribution in [1.82, 2.24) is 4.57 Å². The highest BCUT2D eigenvalue weighted by Gasteiger charge is 2.08. The van der Waals surface area contributed by atoms with Crippen molar-refractivity contribution in [3.63, 3.8) is 0 Å². The number of aromatic carboxylic acids is 1. The van der Waals surface area contributed by atoms with E-state index in [1.807, 2.05) is 0 Å². The minimum Gasteiger partial charge on any atom is -0.477 e. The summed E-state index contributed by atoms with van der Waals surface area (Å²) in [7, 11) is 0. The number of aryl methyl sites for hydroxylation is 1. The van der Waals surface area contributed by atoms with Gasteiger partial charge in [0.1, 0.15) is 5.69 Å². The fraction of sp³-hybridized carbons (Fsp3) is 0.444. The lowest BCUT2D eigenvalue weighted by atomic mass is 10.3. The molecule has 72 valence electrons. The van der Waals surface area contributed by atoms with E-state index >= 15 is 0 Å². The molecule has 0 aliphatic carbocycles. The average Bonchev–Trinajstić information content (AvgIpc) is 2.47. The molecule has 0 aliphatic heterocycles. The highest BCUT2D eigenvalue weighted by Crippen LogP contribution is 2.06. The third-order valence-corrected chi connectivity index (χ3v) is 1.82. The van der Waals surface area contributed by atoms with Gasteiger partial charge in [0.05, 0.1) is 6.17 Å². The number of carboxylic acid groups (broad SMARTS) is 1. The summed E-state index contributed by atoms with van der Waals surface area (Å²) >= 11 is 0. The first kappa shape index (κ1) is 9.77. The minimum atomic E-state index is -0.975. The van der Waals surface area contributed by atoms with Crippen LogP contribution in [0, 0.1) is 0 Å². The van der Waals surface area contributed by atoms with E-state index in [0.717, 1.165) is 0 Å². The number of halogens is 1. The highest BCUT2D eigenvalue weighted by molar-refractivity contribution is 5.85. The zero-order chi connectivity index (χ0) is 9.84. The van der Waals surface area contributed by atoms with Crippen molar-refractivity contribution < 1.29 is 14.3 Å². The van der Waals surface area contributed by atoms with Crippen molar-refractivity contribution in [3.8, 4) is 0 Å². The summed E-state index contributed by atoms with van der Waals surface area (Å²) in [6.45, 7) is 1.87. The molecule has 1 aromatic heterocycles. The number of rotatable bonds is 4. The second-order valence-electron chi connectivity index (χ2n) is 2.96. The molecule has 0 spiro atoms. The quantitative estimate of drug-likeness (QED) is 0.778. The van der Waals surface area contributed by atoms with E-state index < -0.39 is 12.1 Å². The summed E-state index contributed by atoms with van der Waals surface area (Å²) in [5.74, 6) is -0.975. The van der Waals surface area contributed by atoms with Gasteiger partial charge in [-0.25, -0.2) is 9.18 Å². The Bertz CT molecular complexity index is 294. The fourth-order valence-electron chi connectivity index (χ4n) is 1.12. The third kappa shape index (κ3) is 2.57. The Morgan fingerprint density at radius 3 is 3.00 bits per heavy atom. The molecule has 4 heteroatoms. The number of carbonyl (C=O) groups is 1. The van der Waals surface area contributed by atoms with E-state index in [4.69, 9.17) is 5.11 Å². The van der Waals surface area contributed by atoms with Gasteiger partial charge in [-0.3, -0.25) is 0 Å². The molecule has 1 heterocycles. The zero-order valence-corrected chi connectivity index (χ0v) is 7.40. The molecule has 0 saturated heterocycles. The molecule has 0 aromatic carbocycles. The maximum atomic E-state index is 12.5. The molecule has 1 unspecified atom stereocenters. The van der Waals surface area contributed by atoms with Gasteiger partial charge in [0, 0.05) is 12.7 Å². The Kier molecular flexibility index (Phi) is 3.06. The molecule has 1 rings (SSSR count). The molecular weight excluding hydrogens is 173 g/mol. The van der Waals surface area contributed by atoms with Crippen LogP contribution >= 0.6 is 0 Å². The van der Waals surface area contributed by atoms with Crippen LogP contribution in [-0.4, -0.2) is 21.8 Å². The van der Waals surface area contributed by atoms with Crippen LogP contribution in [0.15, 0.2) is 18.3 Å². The third-order valence-electron chi connectivity index (χ3n) is 1.82. The lowest BCUT2D eigenvalue weighted by Crippen LogP contribution is -2.09. The van der Waals surface area contributed by atoms with Gasteiger partial charge in [-0.15, -0.1) is 0 Å². The van der Waals surface area contributed by atoms with Crippen molar-refractivity contribution in [1.29, 1.82) is 0 Å². The monoisotopic (exact) mass is 185 g/mol. The summed E-state index contributed by atoms with van der Waals surface area (Å²) in [6, 6.07) is 3.15. The van der Waals surface area contributed by atoms with Crippen molar-refractivity contribution >= 4 is 5.97 Å². The first-order chi connectivity index (χ1) is 6.11. The second kappa shape index (κ2) is 4.07. The summed E-state index contributed by atoms with van der Waals surface area (Å²) in [5.41, 5.74) is 0.209. The lowest BCUT2D eigenvalue weighted by molar-refractivity contribution is 0.0684. The maximum Gasteiger partial charge on any atom is 0.352 e. The van der Waals surface area contributed by atoms with Crippen LogP contribution in [0.2, 0.25) is 0 Å². The van der Waals surface area contributed by atoms with Crippen LogP contribution in [0.3, 0.4) is 0 Å². The summed E-state index contributed by atoms with van der Waals surface area (Å²) in [4.78, 5) is 10.6. The van der Waals surface area contributed by atoms with Gasteiger partial charge in [-0.2, -0.15) is 0 Å². The fourth-order valence-corrected chi connectivity index (χ4v) is 1.12. The van der Waals surface area contributed by atoms with Gasteiger partial charge in [0.25, 0.3) is 0 Å². The van der Waals surface area contributed by atoms with Crippen LogP contribution in [0.25, 0.3) is 0 Å². The van der Waals surface area contributed by atoms with Crippen molar-refractivity contribution in [2.24, 2.45) is 0 Å². The van der Waals surface area contributed by atoms with Gasteiger partial charge in [0.15, 0.2) is 0 Å². The number of aromatic nitrogens is 1. The van der Waals surface area contributed by atoms with Gasteiger partial charge in [-0.05, 0) is 25.5 Å². The van der Waals surface area contributed by atoms with Gasteiger partial charge < -0.3 is 9.67 Å². The topological polar surface area (TPSA) is 42.2 Å². The number of alkyl halides is 1. The van der Waals surface area contributed by atoms with Crippen molar-refractivity contribution in [3.05, 3.63) is 24.0 Å². The second-order valence-corrected chi connectivity index (χ2v) is 2.96. The molecular formula is C9H12FNO2. The number of hydrogen-bond donors (Lipinski definition) is 1. The normalized spacial score (nSPS) is 12.8. The maximum absolute atomic E-state index is 12.5. The number of nitrogens with zero attached hydrogens (tertiary/aromatic N) is 1. The summed E-state index contributed by atoms with van der Waals surface area (Å²) in [5, 5.41) is 8.71. The molecule has 0 saturated carbocycles. The van der Waals surface area contributed by atoms with Gasteiger partial charge in [0.2, 0.25) is 0 Å². The molecule has 0 amide bonds.